The van der Waals surface area contributed by atoms with E-state index < -0.39 is 0 Å². The second-order valence-electron chi connectivity index (χ2n) is 5.83. The van der Waals surface area contributed by atoms with Crippen LogP contribution in [0.2, 0.25) is 0 Å². The third kappa shape index (κ3) is 3.25. The van der Waals surface area contributed by atoms with Gasteiger partial charge in [-0.25, -0.2) is 0 Å². The molecule has 0 saturated carbocycles. The summed E-state index contributed by atoms with van der Waals surface area (Å²) < 4.78 is 10.7. The number of aliphatic hydroxyl groups is 1. The average molecular weight is 279 g/mol. The number of aryl methyl sites for hydroxylation is 1. The molecule has 1 aromatic carbocycles. The maximum atomic E-state index is 9.28. The lowest BCUT2D eigenvalue weighted by Gasteiger charge is -2.35. The van der Waals surface area contributed by atoms with Crippen molar-refractivity contribution in [3.05, 3.63) is 23.8 Å². The second-order valence-corrected chi connectivity index (χ2v) is 5.83. The van der Waals surface area contributed by atoms with Gasteiger partial charge in [0.1, 0.15) is 0 Å². The minimum Gasteiger partial charge on any atom is -0.454 e. The lowest BCUT2D eigenvalue weighted by molar-refractivity contribution is 0.152. The summed E-state index contributed by atoms with van der Waals surface area (Å²) >= 11 is 0. The molecule has 1 heterocycles. The first-order valence-corrected chi connectivity index (χ1v) is 7.34. The van der Waals surface area contributed by atoms with E-state index in [1.54, 1.807) is 0 Å². The number of hydrogen-bond acceptors (Lipinski definition) is 4. The fraction of sp³-hybridized carbons (Fsp3) is 0.625. The SMILES string of the molecule is CCC(N)C(C)(CCO)CCc1ccc2c(c1)OCO2. The summed E-state index contributed by atoms with van der Waals surface area (Å²) in [7, 11) is 0. The standard InChI is InChI=1S/C16H25NO3/c1-3-15(17)16(2,8-9-18)7-6-12-4-5-13-14(10-12)20-11-19-13/h4-5,10,15,18H,3,6-9,11,17H2,1-2H3. The number of hydrogen-bond donors (Lipinski definition) is 2. The van der Waals surface area contributed by atoms with Crippen molar-refractivity contribution < 1.29 is 14.6 Å². The van der Waals surface area contributed by atoms with Crippen LogP contribution >= 0.6 is 0 Å². The molecule has 4 heteroatoms. The Morgan fingerprint density at radius 1 is 1.30 bits per heavy atom. The van der Waals surface area contributed by atoms with E-state index in [1.807, 2.05) is 12.1 Å². The van der Waals surface area contributed by atoms with Gasteiger partial charge in [-0.05, 0) is 48.8 Å². The molecule has 3 N–H and O–H groups in total. The minimum atomic E-state index is -0.0279. The van der Waals surface area contributed by atoms with Crippen LogP contribution in [-0.4, -0.2) is 24.5 Å². The molecule has 1 aliphatic heterocycles. The van der Waals surface area contributed by atoms with Gasteiger partial charge in [0.25, 0.3) is 0 Å². The summed E-state index contributed by atoms with van der Waals surface area (Å²) in [5, 5.41) is 9.28. The van der Waals surface area contributed by atoms with Crippen molar-refractivity contribution in [1.82, 2.24) is 0 Å². The van der Waals surface area contributed by atoms with Gasteiger partial charge in [-0.1, -0.05) is 19.9 Å². The van der Waals surface area contributed by atoms with Gasteiger partial charge in [-0.15, -0.1) is 0 Å². The summed E-state index contributed by atoms with van der Waals surface area (Å²) in [6, 6.07) is 6.19. The molecular weight excluding hydrogens is 254 g/mol. The van der Waals surface area contributed by atoms with Crippen molar-refractivity contribution in [2.75, 3.05) is 13.4 Å². The summed E-state index contributed by atoms with van der Waals surface area (Å²) in [4.78, 5) is 0. The predicted molar refractivity (Wildman–Crippen MR) is 79.0 cm³/mol. The topological polar surface area (TPSA) is 64.7 Å². The van der Waals surface area contributed by atoms with Gasteiger partial charge in [0.15, 0.2) is 11.5 Å². The van der Waals surface area contributed by atoms with Crippen LogP contribution in [0.15, 0.2) is 18.2 Å². The minimum absolute atomic E-state index is 0.0279. The van der Waals surface area contributed by atoms with Crippen molar-refractivity contribution in [2.45, 2.75) is 45.6 Å². The molecule has 1 aliphatic rings. The van der Waals surface area contributed by atoms with Gasteiger partial charge in [-0.2, -0.15) is 0 Å². The summed E-state index contributed by atoms with van der Waals surface area (Å²) in [6.07, 6.45) is 3.56. The first kappa shape index (κ1) is 15.1. The zero-order valence-electron chi connectivity index (χ0n) is 12.4. The Bertz CT molecular complexity index is 449. The molecule has 0 radical (unpaired) electrons. The fourth-order valence-electron chi connectivity index (χ4n) is 2.77. The molecule has 2 unspecified atom stereocenters. The molecule has 0 fully saturated rings. The zero-order valence-corrected chi connectivity index (χ0v) is 12.4. The monoisotopic (exact) mass is 279 g/mol. The number of fused-ring (bicyclic) bond motifs is 1. The Balaban J connectivity index is 2.02. The van der Waals surface area contributed by atoms with Crippen LogP contribution in [0, 0.1) is 5.41 Å². The van der Waals surface area contributed by atoms with Crippen molar-refractivity contribution in [3.8, 4) is 11.5 Å². The molecular formula is C16H25NO3. The highest BCUT2D eigenvalue weighted by atomic mass is 16.7. The average Bonchev–Trinajstić information content (AvgIpc) is 2.92. The molecule has 0 aromatic heterocycles. The van der Waals surface area contributed by atoms with Crippen LogP contribution in [0.1, 0.15) is 38.7 Å². The molecule has 0 bridgehead atoms. The predicted octanol–water partition coefficient (Wildman–Crippen LogP) is 2.47. The van der Waals surface area contributed by atoms with E-state index in [2.05, 4.69) is 19.9 Å². The normalized spacial score (nSPS) is 17.8. The smallest absolute Gasteiger partial charge is 0.231 e. The molecule has 2 rings (SSSR count). The van der Waals surface area contributed by atoms with E-state index in [0.717, 1.165) is 37.2 Å². The Morgan fingerprint density at radius 3 is 2.75 bits per heavy atom. The molecule has 1 aromatic rings. The lowest BCUT2D eigenvalue weighted by Crippen LogP contribution is -2.40. The number of aliphatic hydroxyl groups excluding tert-OH is 1. The van der Waals surface area contributed by atoms with Gasteiger partial charge >= 0.3 is 0 Å². The van der Waals surface area contributed by atoms with Gasteiger partial charge in [0, 0.05) is 12.6 Å². The Hall–Kier alpha value is -1.26. The van der Waals surface area contributed by atoms with E-state index in [4.69, 9.17) is 15.2 Å². The number of benzene rings is 1. The van der Waals surface area contributed by atoms with E-state index in [0.29, 0.717) is 6.79 Å². The van der Waals surface area contributed by atoms with E-state index >= 15 is 0 Å². The maximum absolute atomic E-state index is 9.28. The van der Waals surface area contributed by atoms with Crippen molar-refractivity contribution >= 4 is 0 Å². The Labute approximate surface area is 120 Å². The van der Waals surface area contributed by atoms with Crippen LogP contribution in [0.25, 0.3) is 0 Å². The van der Waals surface area contributed by atoms with Crippen LogP contribution in [0.5, 0.6) is 11.5 Å². The zero-order chi connectivity index (χ0) is 14.6. The fourth-order valence-corrected chi connectivity index (χ4v) is 2.77. The van der Waals surface area contributed by atoms with Crippen molar-refractivity contribution in [3.63, 3.8) is 0 Å². The Morgan fingerprint density at radius 2 is 2.05 bits per heavy atom. The molecule has 2 atom stereocenters. The third-order valence-electron chi connectivity index (χ3n) is 4.44. The van der Waals surface area contributed by atoms with Crippen LogP contribution in [0.3, 0.4) is 0 Å². The molecule has 0 saturated heterocycles. The first-order valence-electron chi connectivity index (χ1n) is 7.34. The summed E-state index contributed by atoms with van der Waals surface area (Å²) in [5.41, 5.74) is 7.43. The van der Waals surface area contributed by atoms with E-state index in [9.17, 15) is 5.11 Å². The Kier molecular flexibility index (Phi) is 4.89. The van der Waals surface area contributed by atoms with Crippen LogP contribution in [-0.2, 0) is 6.42 Å². The molecule has 112 valence electrons. The third-order valence-corrected chi connectivity index (χ3v) is 4.44. The van der Waals surface area contributed by atoms with Gasteiger partial charge < -0.3 is 20.3 Å². The van der Waals surface area contributed by atoms with Gasteiger partial charge in [0.2, 0.25) is 6.79 Å². The van der Waals surface area contributed by atoms with Gasteiger partial charge in [-0.3, -0.25) is 0 Å². The molecule has 0 aliphatic carbocycles. The molecule has 0 spiro atoms. The maximum Gasteiger partial charge on any atom is 0.231 e. The quantitative estimate of drug-likeness (QED) is 0.805. The van der Waals surface area contributed by atoms with E-state index in [-0.39, 0.29) is 18.1 Å². The van der Waals surface area contributed by atoms with Crippen LogP contribution in [0.4, 0.5) is 0 Å². The first-order chi connectivity index (χ1) is 9.59. The van der Waals surface area contributed by atoms with E-state index in [1.165, 1.54) is 5.56 Å². The largest absolute Gasteiger partial charge is 0.454 e. The molecule has 4 nitrogen and oxygen atoms in total. The highest BCUT2D eigenvalue weighted by Gasteiger charge is 2.29. The van der Waals surface area contributed by atoms with Crippen LogP contribution < -0.4 is 15.2 Å². The number of nitrogens with two attached hydrogens (primary N) is 1. The van der Waals surface area contributed by atoms with Crippen molar-refractivity contribution in [2.24, 2.45) is 11.1 Å². The van der Waals surface area contributed by atoms with Gasteiger partial charge in [0.05, 0.1) is 0 Å². The lowest BCUT2D eigenvalue weighted by atomic mass is 9.74. The summed E-state index contributed by atoms with van der Waals surface area (Å²) in [5.74, 6) is 1.64. The highest BCUT2D eigenvalue weighted by molar-refractivity contribution is 5.44. The van der Waals surface area contributed by atoms with Crippen molar-refractivity contribution in [1.29, 1.82) is 0 Å². The summed E-state index contributed by atoms with van der Waals surface area (Å²) in [6.45, 7) is 4.76. The highest BCUT2D eigenvalue weighted by Crippen LogP contribution is 2.35. The molecule has 20 heavy (non-hydrogen) atoms. The second kappa shape index (κ2) is 6.46. The number of rotatable bonds is 7. The molecule has 0 amide bonds. The number of ether oxygens (including phenoxy) is 2.